The van der Waals surface area contributed by atoms with E-state index in [0.29, 0.717) is 35.0 Å². The van der Waals surface area contributed by atoms with Crippen molar-refractivity contribution in [2.24, 2.45) is 0 Å². The summed E-state index contributed by atoms with van der Waals surface area (Å²) < 4.78 is 5.19. The minimum absolute atomic E-state index is 0.276. The quantitative estimate of drug-likeness (QED) is 0.574. The number of benzene rings is 2. The molecule has 0 radical (unpaired) electrons. The molecule has 4 aromatic rings. The van der Waals surface area contributed by atoms with Gasteiger partial charge in [-0.3, -0.25) is 14.6 Å². The first-order valence-electron chi connectivity index (χ1n) is 7.75. The summed E-state index contributed by atoms with van der Waals surface area (Å²) in [6, 6.07) is 13.3. The summed E-state index contributed by atoms with van der Waals surface area (Å²) in [4.78, 5) is 30.7. The van der Waals surface area contributed by atoms with Crippen LogP contribution in [0.5, 0.6) is 5.75 Å². The maximum absolute atomic E-state index is 11.4. The number of rotatable bonds is 4. The molecule has 0 amide bonds. The van der Waals surface area contributed by atoms with E-state index in [-0.39, 0.29) is 5.75 Å². The monoisotopic (exact) mass is 330 g/mol. The minimum atomic E-state index is 0.276. The van der Waals surface area contributed by atoms with Crippen molar-refractivity contribution in [1.29, 1.82) is 0 Å². The van der Waals surface area contributed by atoms with E-state index in [1.165, 1.54) is 7.11 Å². The van der Waals surface area contributed by atoms with Crippen molar-refractivity contribution in [2.75, 3.05) is 7.11 Å². The van der Waals surface area contributed by atoms with Gasteiger partial charge in [-0.25, -0.2) is 0 Å². The number of carbonyl (C=O) groups excluding carboxylic acids is 2. The molecule has 0 bridgehead atoms. The number of para-hydroxylation sites is 1. The van der Waals surface area contributed by atoms with Crippen LogP contribution in [0.25, 0.3) is 33.1 Å². The highest BCUT2D eigenvalue weighted by Crippen LogP contribution is 2.34. The highest BCUT2D eigenvalue weighted by Gasteiger charge is 2.16. The van der Waals surface area contributed by atoms with Crippen molar-refractivity contribution in [3.63, 3.8) is 0 Å². The van der Waals surface area contributed by atoms with Gasteiger partial charge < -0.3 is 9.72 Å². The van der Waals surface area contributed by atoms with Gasteiger partial charge in [-0.1, -0.05) is 18.2 Å². The largest absolute Gasteiger partial charge is 0.495 e. The third kappa shape index (κ3) is 2.29. The lowest BCUT2D eigenvalue weighted by molar-refractivity contribution is 0.111. The highest BCUT2D eigenvalue weighted by atomic mass is 16.5. The molecule has 2 aromatic carbocycles. The molecule has 25 heavy (non-hydrogen) atoms. The fourth-order valence-electron chi connectivity index (χ4n) is 3.22. The average molecular weight is 330 g/mol. The smallest absolute Gasteiger partial charge is 0.153 e. The highest BCUT2D eigenvalue weighted by molar-refractivity contribution is 6.11. The Morgan fingerprint density at radius 2 is 1.72 bits per heavy atom. The summed E-state index contributed by atoms with van der Waals surface area (Å²) in [6.45, 7) is 0. The van der Waals surface area contributed by atoms with Crippen molar-refractivity contribution in [2.45, 2.75) is 0 Å². The zero-order valence-corrected chi connectivity index (χ0v) is 13.4. The number of methoxy groups -OCH3 is 1. The van der Waals surface area contributed by atoms with E-state index in [0.717, 1.165) is 21.8 Å². The van der Waals surface area contributed by atoms with Crippen molar-refractivity contribution in [3.8, 4) is 17.0 Å². The fraction of sp³-hybridized carbons (Fsp3) is 0.0500. The Labute approximate surface area is 143 Å². The molecule has 0 aliphatic heterocycles. The lowest BCUT2D eigenvalue weighted by Gasteiger charge is -2.10. The van der Waals surface area contributed by atoms with Gasteiger partial charge in [-0.15, -0.1) is 0 Å². The Hall–Kier alpha value is -3.47. The summed E-state index contributed by atoms with van der Waals surface area (Å²) in [7, 11) is 1.44. The van der Waals surface area contributed by atoms with E-state index in [1.807, 2.05) is 30.3 Å². The molecule has 5 heteroatoms. The van der Waals surface area contributed by atoms with Gasteiger partial charge >= 0.3 is 0 Å². The number of aromatic nitrogens is 2. The first-order chi connectivity index (χ1) is 12.3. The molecule has 122 valence electrons. The normalized spacial score (nSPS) is 10.9. The standard InChI is InChI=1S/C20H14N2O3/c1-25-20-13(10-23)8-12(9-14(20)11-24)18-19-16(6-7-21-18)15-4-2-3-5-17(15)22-19/h2-11,22H,1H3. The molecule has 2 aromatic heterocycles. The van der Waals surface area contributed by atoms with Crippen LogP contribution in [-0.2, 0) is 0 Å². The maximum atomic E-state index is 11.4. The van der Waals surface area contributed by atoms with Crippen LogP contribution in [0.4, 0.5) is 0 Å². The number of hydrogen-bond donors (Lipinski definition) is 1. The van der Waals surface area contributed by atoms with Crippen molar-refractivity contribution in [1.82, 2.24) is 9.97 Å². The number of aromatic amines is 1. The first kappa shape index (κ1) is 15.1. The number of pyridine rings is 1. The number of ether oxygens (including phenoxy) is 1. The molecule has 0 aliphatic rings. The van der Waals surface area contributed by atoms with Crippen LogP contribution in [0.15, 0.2) is 48.7 Å². The van der Waals surface area contributed by atoms with Crippen molar-refractivity contribution < 1.29 is 14.3 Å². The van der Waals surface area contributed by atoms with Gasteiger partial charge in [0.05, 0.1) is 29.4 Å². The van der Waals surface area contributed by atoms with Crippen LogP contribution >= 0.6 is 0 Å². The topological polar surface area (TPSA) is 72.0 Å². The third-order valence-electron chi connectivity index (χ3n) is 4.31. The van der Waals surface area contributed by atoms with E-state index in [1.54, 1.807) is 18.3 Å². The summed E-state index contributed by atoms with van der Waals surface area (Å²) in [5.74, 6) is 0.276. The van der Waals surface area contributed by atoms with Gasteiger partial charge in [0.1, 0.15) is 5.75 Å². The Morgan fingerprint density at radius 1 is 1.00 bits per heavy atom. The molecule has 2 heterocycles. The molecular formula is C20H14N2O3. The molecule has 0 unspecified atom stereocenters. The number of hydrogen-bond acceptors (Lipinski definition) is 4. The predicted octanol–water partition coefficient (Wildman–Crippen LogP) is 4.02. The van der Waals surface area contributed by atoms with Crippen LogP contribution in [-0.4, -0.2) is 29.7 Å². The molecule has 0 saturated carbocycles. The third-order valence-corrected chi connectivity index (χ3v) is 4.31. The number of aldehydes is 2. The van der Waals surface area contributed by atoms with Gasteiger partial charge in [-0.05, 0) is 24.3 Å². The fourth-order valence-corrected chi connectivity index (χ4v) is 3.22. The number of nitrogens with zero attached hydrogens (tertiary/aromatic N) is 1. The Kier molecular flexibility index (Phi) is 3.54. The van der Waals surface area contributed by atoms with Gasteiger partial charge in [0.15, 0.2) is 12.6 Å². The van der Waals surface area contributed by atoms with Gasteiger partial charge in [0, 0.05) is 28.0 Å². The number of fused-ring (bicyclic) bond motifs is 3. The van der Waals surface area contributed by atoms with Gasteiger partial charge in [0.2, 0.25) is 0 Å². The molecule has 0 atom stereocenters. The van der Waals surface area contributed by atoms with E-state index < -0.39 is 0 Å². The molecule has 0 spiro atoms. The van der Waals surface area contributed by atoms with Gasteiger partial charge in [0.25, 0.3) is 0 Å². The second-order valence-electron chi connectivity index (χ2n) is 5.68. The molecule has 0 aliphatic carbocycles. The molecule has 0 fully saturated rings. The number of H-pyrrole nitrogens is 1. The van der Waals surface area contributed by atoms with E-state index in [4.69, 9.17) is 4.74 Å². The second-order valence-corrected chi connectivity index (χ2v) is 5.68. The van der Waals surface area contributed by atoms with Crippen molar-refractivity contribution in [3.05, 3.63) is 59.8 Å². The summed E-state index contributed by atoms with van der Waals surface area (Å²) in [5.41, 5.74) is 3.87. The average Bonchev–Trinajstić information content (AvgIpc) is 3.05. The molecule has 0 saturated heterocycles. The molecular weight excluding hydrogens is 316 g/mol. The molecule has 4 rings (SSSR count). The Balaban J connectivity index is 2.05. The van der Waals surface area contributed by atoms with E-state index in [9.17, 15) is 9.59 Å². The second kappa shape index (κ2) is 5.87. The van der Waals surface area contributed by atoms with Gasteiger partial charge in [-0.2, -0.15) is 0 Å². The Bertz CT molecular complexity index is 1100. The van der Waals surface area contributed by atoms with Crippen molar-refractivity contribution >= 4 is 34.4 Å². The summed E-state index contributed by atoms with van der Waals surface area (Å²) >= 11 is 0. The van der Waals surface area contributed by atoms with Crippen LogP contribution in [0, 0.1) is 0 Å². The summed E-state index contributed by atoms with van der Waals surface area (Å²) in [5, 5.41) is 2.14. The lowest BCUT2D eigenvalue weighted by atomic mass is 10.0. The first-order valence-corrected chi connectivity index (χ1v) is 7.75. The zero-order chi connectivity index (χ0) is 17.4. The predicted molar refractivity (Wildman–Crippen MR) is 96.4 cm³/mol. The Morgan fingerprint density at radius 3 is 2.40 bits per heavy atom. The van der Waals surface area contributed by atoms with Crippen LogP contribution < -0.4 is 4.74 Å². The summed E-state index contributed by atoms with van der Waals surface area (Å²) in [6.07, 6.45) is 3.09. The van der Waals surface area contributed by atoms with Crippen LogP contribution in [0.3, 0.4) is 0 Å². The molecule has 5 nitrogen and oxygen atoms in total. The minimum Gasteiger partial charge on any atom is -0.495 e. The maximum Gasteiger partial charge on any atom is 0.153 e. The van der Waals surface area contributed by atoms with E-state index in [2.05, 4.69) is 9.97 Å². The number of carbonyl (C=O) groups is 2. The zero-order valence-electron chi connectivity index (χ0n) is 13.4. The lowest BCUT2D eigenvalue weighted by Crippen LogP contribution is -1.98. The van der Waals surface area contributed by atoms with E-state index >= 15 is 0 Å². The van der Waals surface area contributed by atoms with Crippen LogP contribution in [0.2, 0.25) is 0 Å². The molecule has 1 N–H and O–H groups in total. The SMILES string of the molecule is COc1c(C=O)cc(-c2nccc3c2[nH]c2ccccc23)cc1C=O. The number of nitrogens with one attached hydrogen (secondary N) is 1. The van der Waals surface area contributed by atoms with Crippen LogP contribution in [0.1, 0.15) is 20.7 Å².